The van der Waals surface area contributed by atoms with E-state index >= 15 is 0 Å². The van der Waals surface area contributed by atoms with Gasteiger partial charge < -0.3 is 10.2 Å². The predicted octanol–water partition coefficient (Wildman–Crippen LogP) is 2.81. The molecule has 2 aromatic rings. The molecule has 82 valence electrons. The summed E-state index contributed by atoms with van der Waals surface area (Å²) < 4.78 is 5.16. The molecule has 2 rings (SSSR count). The monoisotopic (exact) mass is 236 g/mol. The van der Waals surface area contributed by atoms with E-state index < -0.39 is 0 Å². The number of hydrogen-bond donors (Lipinski definition) is 1. The summed E-state index contributed by atoms with van der Waals surface area (Å²) in [5, 5.41) is 0.290. The largest absolute Gasteiger partial charge is 0.423 e. The van der Waals surface area contributed by atoms with Gasteiger partial charge in [-0.2, -0.15) is 0 Å². The number of carbonyl (C=O) groups excluding carboxylic acids is 1. The second kappa shape index (κ2) is 4.28. The third-order valence-electron chi connectivity index (χ3n) is 2.08. The highest BCUT2D eigenvalue weighted by molar-refractivity contribution is 6.33. The van der Waals surface area contributed by atoms with Crippen LogP contribution in [-0.4, -0.2) is 6.41 Å². The summed E-state index contributed by atoms with van der Waals surface area (Å²) in [4.78, 5) is 12.3. The maximum atomic E-state index is 11.0. The van der Waals surface area contributed by atoms with Crippen LogP contribution >= 0.6 is 11.6 Å². The Labute approximate surface area is 97.2 Å². The normalized spacial score (nSPS) is 10.1. The summed E-state index contributed by atoms with van der Waals surface area (Å²) in [6.07, 6.45) is 0.643. The molecule has 0 saturated carbocycles. The Morgan fingerprint density at radius 3 is 2.50 bits per heavy atom. The number of hydrogen-bond acceptors (Lipinski definition) is 3. The van der Waals surface area contributed by atoms with Gasteiger partial charge in [-0.25, -0.2) is 0 Å². The van der Waals surface area contributed by atoms with Crippen molar-refractivity contribution >= 4 is 35.5 Å². The minimum atomic E-state index is 0.0967. The van der Waals surface area contributed by atoms with E-state index in [9.17, 15) is 4.79 Å². The van der Waals surface area contributed by atoms with Gasteiger partial charge in [-0.15, -0.1) is 0 Å². The van der Waals surface area contributed by atoms with Gasteiger partial charge in [0.2, 0.25) is 18.2 Å². The highest BCUT2D eigenvalue weighted by Gasteiger charge is 2.14. The van der Waals surface area contributed by atoms with Crippen LogP contribution in [0.4, 0.5) is 17.5 Å². The Hall–Kier alpha value is -1.94. The van der Waals surface area contributed by atoms with E-state index in [2.05, 4.69) is 0 Å². The van der Waals surface area contributed by atoms with E-state index in [0.717, 1.165) is 0 Å². The minimum Gasteiger partial charge on any atom is -0.423 e. The van der Waals surface area contributed by atoms with Gasteiger partial charge in [0.25, 0.3) is 0 Å². The van der Waals surface area contributed by atoms with Gasteiger partial charge in [0.1, 0.15) is 5.02 Å². The Bertz CT molecular complexity index is 476. The average Bonchev–Trinajstić information content (AvgIpc) is 2.61. The van der Waals surface area contributed by atoms with E-state index in [4.69, 9.17) is 21.8 Å². The van der Waals surface area contributed by atoms with E-state index in [1.807, 2.05) is 18.2 Å². The second-order valence-electron chi connectivity index (χ2n) is 3.11. The number of carbonyl (C=O) groups is 1. The lowest BCUT2D eigenvalue weighted by molar-refractivity contribution is -0.107. The Balaban J connectivity index is 2.40. The fourth-order valence-electron chi connectivity index (χ4n) is 1.32. The summed E-state index contributed by atoms with van der Waals surface area (Å²) in [6, 6.07) is 10.6. The average molecular weight is 237 g/mol. The van der Waals surface area contributed by atoms with Gasteiger partial charge in [0, 0.05) is 6.07 Å². The lowest BCUT2D eigenvalue weighted by atomic mass is 10.3. The molecule has 1 amide bonds. The molecule has 2 N–H and O–H groups in total. The molecule has 0 aliphatic rings. The number of rotatable bonds is 3. The van der Waals surface area contributed by atoms with Crippen LogP contribution in [0.1, 0.15) is 0 Å². The molecular weight excluding hydrogens is 228 g/mol. The van der Waals surface area contributed by atoms with Crippen LogP contribution in [0.25, 0.3) is 0 Å². The smallest absolute Gasteiger partial charge is 0.221 e. The molecule has 0 aliphatic heterocycles. The highest BCUT2D eigenvalue weighted by Crippen LogP contribution is 2.32. The molecule has 0 saturated heterocycles. The van der Waals surface area contributed by atoms with Crippen molar-refractivity contribution in [1.82, 2.24) is 0 Å². The van der Waals surface area contributed by atoms with Gasteiger partial charge in [-0.05, 0) is 12.1 Å². The number of nitrogens with two attached hydrogens (primary N) is 1. The lowest BCUT2D eigenvalue weighted by Gasteiger charge is -2.13. The van der Waals surface area contributed by atoms with Gasteiger partial charge in [-0.1, -0.05) is 29.8 Å². The second-order valence-corrected chi connectivity index (χ2v) is 3.51. The lowest BCUT2D eigenvalue weighted by Crippen LogP contribution is -2.12. The first kappa shape index (κ1) is 10.6. The molecule has 1 heterocycles. The number of nitrogen functional groups attached to an aromatic ring is 1. The molecule has 0 atom stereocenters. The van der Waals surface area contributed by atoms with Crippen molar-refractivity contribution in [3.05, 3.63) is 41.4 Å². The Morgan fingerprint density at radius 1 is 1.31 bits per heavy atom. The van der Waals surface area contributed by atoms with Crippen molar-refractivity contribution < 1.29 is 9.21 Å². The van der Waals surface area contributed by atoms with Crippen LogP contribution in [0, 0.1) is 0 Å². The number of halogens is 1. The van der Waals surface area contributed by atoms with Gasteiger partial charge in [0.05, 0.1) is 5.69 Å². The van der Waals surface area contributed by atoms with E-state index in [0.29, 0.717) is 18.0 Å². The standard InChI is InChI=1S/C11H9ClN2O2/c12-9-6-10(16-11(9)13)14(7-15)8-4-2-1-3-5-8/h1-7H,13H2. The van der Waals surface area contributed by atoms with Gasteiger partial charge in [0.15, 0.2) is 0 Å². The SMILES string of the molecule is Nc1oc(N(C=O)c2ccccc2)cc1Cl. The maximum absolute atomic E-state index is 11.0. The zero-order valence-corrected chi connectivity index (χ0v) is 9.02. The van der Waals surface area contributed by atoms with Crippen molar-refractivity contribution in [2.75, 3.05) is 10.6 Å². The van der Waals surface area contributed by atoms with Crippen LogP contribution in [0.3, 0.4) is 0 Å². The quantitative estimate of drug-likeness (QED) is 0.834. The zero-order chi connectivity index (χ0) is 11.5. The number of para-hydroxylation sites is 1. The van der Waals surface area contributed by atoms with Crippen LogP contribution in [0.2, 0.25) is 5.02 Å². The molecular formula is C11H9ClN2O2. The van der Waals surface area contributed by atoms with Crippen molar-refractivity contribution in [3.63, 3.8) is 0 Å². The third kappa shape index (κ3) is 1.87. The van der Waals surface area contributed by atoms with Crippen LogP contribution < -0.4 is 10.6 Å². The Kier molecular flexibility index (Phi) is 2.83. The van der Waals surface area contributed by atoms with Gasteiger partial charge in [-0.3, -0.25) is 9.69 Å². The number of nitrogens with zero attached hydrogens (tertiary/aromatic N) is 1. The zero-order valence-electron chi connectivity index (χ0n) is 8.26. The van der Waals surface area contributed by atoms with Gasteiger partial charge >= 0.3 is 0 Å². The number of furan rings is 1. The fourth-order valence-corrected chi connectivity index (χ4v) is 1.45. The van der Waals surface area contributed by atoms with Crippen molar-refractivity contribution in [2.45, 2.75) is 0 Å². The first-order valence-electron chi connectivity index (χ1n) is 4.57. The van der Waals surface area contributed by atoms with Crippen molar-refractivity contribution in [3.8, 4) is 0 Å². The number of benzene rings is 1. The van der Waals surface area contributed by atoms with E-state index in [-0.39, 0.29) is 10.9 Å². The van der Waals surface area contributed by atoms with E-state index in [1.54, 1.807) is 12.1 Å². The van der Waals surface area contributed by atoms with E-state index in [1.165, 1.54) is 11.0 Å². The third-order valence-corrected chi connectivity index (χ3v) is 2.37. The molecule has 1 aromatic carbocycles. The molecule has 0 aliphatic carbocycles. The summed E-state index contributed by atoms with van der Waals surface area (Å²) in [5.74, 6) is 0.392. The number of anilines is 3. The Morgan fingerprint density at radius 2 is 2.00 bits per heavy atom. The maximum Gasteiger partial charge on any atom is 0.221 e. The fraction of sp³-hybridized carbons (Fsp3) is 0. The van der Waals surface area contributed by atoms with Crippen molar-refractivity contribution in [1.29, 1.82) is 0 Å². The molecule has 4 nitrogen and oxygen atoms in total. The molecule has 0 radical (unpaired) electrons. The van der Waals surface area contributed by atoms with Crippen molar-refractivity contribution in [2.24, 2.45) is 0 Å². The molecule has 0 fully saturated rings. The molecule has 0 unspecified atom stereocenters. The van der Waals surface area contributed by atoms with Crippen LogP contribution in [0.5, 0.6) is 0 Å². The molecule has 1 aromatic heterocycles. The first-order valence-corrected chi connectivity index (χ1v) is 4.94. The number of amides is 1. The van der Waals surface area contributed by atoms with Crippen LogP contribution in [-0.2, 0) is 4.79 Å². The summed E-state index contributed by atoms with van der Waals surface area (Å²) in [6.45, 7) is 0. The molecule has 5 heteroatoms. The summed E-state index contributed by atoms with van der Waals surface area (Å²) >= 11 is 5.76. The summed E-state index contributed by atoms with van der Waals surface area (Å²) in [5.41, 5.74) is 6.15. The first-order chi connectivity index (χ1) is 7.72. The molecule has 0 bridgehead atoms. The molecule has 16 heavy (non-hydrogen) atoms. The summed E-state index contributed by atoms with van der Waals surface area (Å²) in [7, 11) is 0. The topological polar surface area (TPSA) is 59.5 Å². The highest BCUT2D eigenvalue weighted by atomic mass is 35.5. The predicted molar refractivity (Wildman–Crippen MR) is 62.8 cm³/mol. The molecule has 0 spiro atoms. The van der Waals surface area contributed by atoms with Crippen LogP contribution in [0.15, 0.2) is 40.8 Å². The minimum absolute atomic E-state index is 0.0967.